The summed E-state index contributed by atoms with van der Waals surface area (Å²) in [6.07, 6.45) is 6.17. The molecule has 0 saturated carbocycles. The third-order valence-electron chi connectivity index (χ3n) is 6.46. The fourth-order valence-corrected chi connectivity index (χ4v) is 4.82. The van der Waals surface area contributed by atoms with Crippen LogP contribution in [0.1, 0.15) is 36.8 Å². The number of nitrogens with one attached hydrogen (secondary N) is 1. The molecule has 0 aromatic heterocycles. The Morgan fingerprint density at radius 1 is 1.07 bits per heavy atom. The zero-order chi connectivity index (χ0) is 19.3. The standard InChI is InChI=1S/C22H33N5O/c1-23-22(27-14-10-20(17-27)25-11-5-2-6-12-25)24-15-21(28)26-13-9-18-7-3-4-8-19(18)16-26/h3-4,7-8,20H,2,5-6,9-17H2,1H3,(H,23,24). The van der Waals surface area contributed by atoms with Crippen molar-refractivity contribution in [3.63, 3.8) is 0 Å². The number of hydrogen-bond donors (Lipinski definition) is 1. The van der Waals surface area contributed by atoms with E-state index in [9.17, 15) is 4.79 Å². The Labute approximate surface area is 168 Å². The lowest BCUT2D eigenvalue weighted by molar-refractivity contribution is -0.130. The number of rotatable bonds is 3. The zero-order valence-corrected chi connectivity index (χ0v) is 17.1. The molecular weight excluding hydrogens is 350 g/mol. The Bertz CT molecular complexity index is 713. The molecule has 1 aromatic rings. The molecule has 0 spiro atoms. The van der Waals surface area contributed by atoms with Crippen molar-refractivity contribution in [3.05, 3.63) is 35.4 Å². The highest BCUT2D eigenvalue weighted by Gasteiger charge is 2.30. The summed E-state index contributed by atoms with van der Waals surface area (Å²) in [6.45, 7) is 6.35. The van der Waals surface area contributed by atoms with Gasteiger partial charge in [0, 0.05) is 39.3 Å². The van der Waals surface area contributed by atoms with E-state index in [1.165, 1.54) is 49.9 Å². The van der Waals surface area contributed by atoms with Gasteiger partial charge >= 0.3 is 0 Å². The van der Waals surface area contributed by atoms with E-state index < -0.39 is 0 Å². The summed E-state index contributed by atoms with van der Waals surface area (Å²) in [6, 6.07) is 9.07. The zero-order valence-electron chi connectivity index (χ0n) is 17.1. The van der Waals surface area contributed by atoms with Crippen LogP contribution in [0.4, 0.5) is 0 Å². The minimum Gasteiger partial charge on any atom is -0.347 e. The van der Waals surface area contributed by atoms with Crippen molar-refractivity contribution in [3.8, 4) is 0 Å². The molecule has 1 amide bonds. The Morgan fingerprint density at radius 2 is 1.86 bits per heavy atom. The SMILES string of the molecule is CN=C(NCC(=O)N1CCc2ccccc2C1)N1CCC(N2CCCCC2)C1. The Kier molecular flexibility index (Phi) is 6.15. The molecule has 152 valence electrons. The topological polar surface area (TPSA) is 51.2 Å². The Hall–Kier alpha value is -2.08. The minimum absolute atomic E-state index is 0.155. The highest BCUT2D eigenvalue weighted by molar-refractivity contribution is 5.86. The van der Waals surface area contributed by atoms with Gasteiger partial charge in [0.25, 0.3) is 0 Å². The average molecular weight is 384 g/mol. The molecule has 1 N–H and O–H groups in total. The van der Waals surface area contributed by atoms with Crippen molar-refractivity contribution in [1.82, 2.24) is 20.0 Å². The highest BCUT2D eigenvalue weighted by Crippen LogP contribution is 2.21. The van der Waals surface area contributed by atoms with Crippen molar-refractivity contribution in [1.29, 1.82) is 0 Å². The summed E-state index contributed by atoms with van der Waals surface area (Å²) in [7, 11) is 1.82. The van der Waals surface area contributed by atoms with Gasteiger partial charge in [0.2, 0.25) is 5.91 Å². The molecule has 3 aliphatic rings. The van der Waals surface area contributed by atoms with Crippen molar-refractivity contribution in [2.75, 3.05) is 46.3 Å². The maximum atomic E-state index is 12.7. The fourth-order valence-electron chi connectivity index (χ4n) is 4.82. The summed E-state index contributed by atoms with van der Waals surface area (Å²) >= 11 is 0. The van der Waals surface area contributed by atoms with E-state index in [1.54, 1.807) is 0 Å². The van der Waals surface area contributed by atoms with Crippen molar-refractivity contribution < 1.29 is 4.79 Å². The molecule has 1 atom stereocenters. The van der Waals surface area contributed by atoms with E-state index in [2.05, 4.69) is 44.4 Å². The smallest absolute Gasteiger partial charge is 0.242 e. The number of likely N-dealkylation sites (tertiary alicyclic amines) is 2. The number of fused-ring (bicyclic) bond motifs is 1. The van der Waals surface area contributed by atoms with Crippen LogP contribution >= 0.6 is 0 Å². The van der Waals surface area contributed by atoms with Gasteiger partial charge in [0.05, 0.1) is 6.54 Å². The second kappa shape index (κ2) is 8.95. The molecule has 1 aromatic carbocycles. The number of amides is 1. The number of carbonyl (C=O) groups is 1. The van der Waals surface area contributed by atoms with Crippen molar-refractivity contribution in [2.45, 2.75) is 44.7 Å². The number of aliphatic imine (C=N–C) groups is 1. The van der Waals surface area contributed by atoms with E-state index in [-0.39, 0.29) is 5.91 Å². The molecule has 0 aliphatic carbocycles. The number of benzene rings is 1. The number of nitrogens with zero attached hydrogens (tertiary/aromatic N) is 4. The first-order valence-electron chi connectivity index (χ1n) is 10.8. The van der Waals surface area contributed by atoms with Crippen molar-refractivity contribution in [2.24, 2.45) is 4.99 Å². The molecule has 28 heavy (non-hydrogen) atoms. The van der Waals surface area contributed by atoms with Gasteiger partial charge in [-0.05, 0) is 49.9 Å². The van der Waals surface area contributed by atoms with Gasteiger partial charge in [0.1, 0.15) is 0 Å². The van der Waals surface area contributed by atoms with Gasteiger partial charge in [-0.3, -0.25) is 14.7 Å². The minimum atomic E-state index is 0.155. The van der Waals surface area contributed by atoms with E-state index >= 15 is 0 Å². The largest absolute Gasteiger partial charge is 0.347 e. The van der Waals surface area contributed by atoms with Gasteiger partial charge in [-0.2, -0.15) is 0 Å². The van der Waals surface area contributed by atoms with Gasteiger partial charge in [-0.25, -0.2) is 0 Å². The van der Waals surface area contributed by atoms with Crippen LogP contribution in [0.5, 0.6) is 0 Å². The van der Waals surface area contributed by atoms with Gasteiger partial charge in [-0.15, -0.1) is 0 Å². The normalized spacial score (nSPS) is 23.6. The lowest BCUT2D eigenvalue weighted by Crippen LogP contribution is -2.48. The fraction of sp³-hybridized carbons (Fsp3) is 0.636. The second-order valence-corrected chi connectivity index (χ2v) is 8.22. The van der Waals surface area contributed by atoms with Gasteiger partial charge in [0.15, 0.2) is 5.96 Å². The average Bonchev–Trinajstić information content (AvgIpc) is 3.24. The first-order chi connectivity index (χ1) is 13.7. The van der Waals surface area contributed by atoms with Crippen LogP contribution in [-0.2, 0) is 17.8 Å². The van der Waals surface area contributed by atoms with Gasteiger partial charge in [-0.1, -0.05) is 30.7 Å². The van der Waals surface area contributed by atoms with Crippen LogP contribution in [0, 0.1) is 0 Å². The maximum Gasteiger partial charge on any atom is 0.242 e. The molecule has 2 saturated heterocycles. The molecule has 0 radical (unpaired) electrons. The van der Waals surface area contributed by atoms with Crippen LogP contribution in [-0.4, -0.2) is 78.9 Å². The first kappa shape index (κ1) is 19.2. The van der Waals surface area contributed by atoms with Gasteiger partial charge < -0.3 is 15.1 Å². The van der Waals surface area contributed by atoms with Crippen LogP contribution in [0.3, 0.4) is 0 Å². The predicted molar refractivity (Wildman–Crippen MR) is 112 cm³/mol. The maximum absolute atomic E-state index is 12.7. The highest BCUT2D eigenvalue weighted by atomic mass is 16.2. The van der Waals surface area contributed by atoms with Crippen LogP contribution in [0.25, 0.3) is 0 Å². The van der Waals surface area contributed by atoms with Crippen LogP contribution in [0.15, 0.2) is 29.3 Å². The molecule has 6 nitrogen and oxygen atoms in total. The monoisotopic (exact) mass is 383 g/mol. The number of hydrogen-bond acceptors (Lipinski definition) is 3. The third-order valence-corrected chi connectivity index (χ3v) is 6.46. The molecule has 1 unspecified atom stereocenters. The quantitative estimate of drug-likeness (QED) is 0.638. The number of piperidine rings is 1. The summed E-state index contributed by atoms with van der Waals surface area (Å²) in [5, 5.41) is 3.32. The first-order valence-corrected chi connectivity index (χ1v) is 10.8. The molecule has 3 aliphatic heterocycles. The van der Waals surface area contributed by atoms with Crippen molar-refractivity contribution >= 4 is 11.9 Å². The van der Waals surface area contributed by atoms with Crippen LogP contribution in [0.2, 0.25) is 0 Å². The Balaban J connectivity index is 1.27. The number of guanidine groups is 1. The molecule has 0 bridgehead atoms. The molecule has 6 heteroatoms. The Morgan fingerprint density at radius 3 is 2.64 bits per heavy atom. The summed E-state index contributed by atoms with van der Waals surface area (Å²) in [5.74, 6) is 1.02. The summed E-state index contributed by atoms with van der Waals surface area (Å²) in [4.78, 5) is 24.1. The summed E-state index contributed by atoms with van der Waals surface area (Å²) < 4.78 is 0. The molecule has 4 rings (SSSR count). The lowest BCUT2D eigenvalue weighted by Gasteiger charge is -2.32. The molecular formula is C22H33N5O. The van der Waals surface area contributed by atoms with E-state index in [4.69, 9.17) is 0 Å². The molecule has 3 heterocycles. The molecule has 2 fully saturated rings. The lowest BCUT2D eigenvalue weighted by atomic mass is 10.00. The van der Waals surface area contributed by atoms with E-state index in [0.29, 0.717) is 12.6 Å². The van der Waals surface area contributed by atoms with E-state index in [1.807, 2.05) is 11.9 Å². The summed E-state index contributed by atoms with van der Waals surface area (Å²) in [5.41, 5.74) is 2.64. The second-order valence-electron chi connectivity index (χ2n) is 8.22. The van der Waals surface area contributed by atoms with Crippen LogP contribution < -0.4 is 5.32 Å². The number of carbonyl (C=O) groups excluding carboxylic acids is 1. The third kappa shape index (κ3) is 4.32. The predicted octanol–water partition coefficient (Wildman–Crippen LogP) is 1.71. The van der Waals surface area contributed by atoms with E-state index in [0.717, 1.165) is 38.6 Å².